The molecule has 3 nitrogen and oxygen atoms in total. The topological polar surface area (TPSA) is 47.6 Å². The molecule has 0 amide bonds. The average Bonchev–Trinajstić information content (AvgIpc) is 2.63. The van der Waals surface area contributed by atoms with Gasteiger partial charge in [-0.1, -0.05) is 72.8 Å². The Morgan fingerprint density at radius 3 is 2.46 bits per heavy atom. The van der Waals surface area contributed by atoms with E-state index < -0.39 is 0 Å². The number of benzene rings is 2. The molecule has 2 aromatic rings. The number of nitrogens with zero attached hydrogens (tertiary/aromatic N) is 1. The molecule has 2 aromatic carbocycles. The average molecular weight is 316 g/mol. The number of amidine groups is 1. The zero-order valence-electron chi connectivity index (χ0n) is 13.4. The van der Waals surface area contributed by atoms with Gasteiger partial charge in [-0.25, -0.2) is 4.99 Å². The van der Waals surface area contributed by atoms with Crippen molar-refractivity contribution in [3.05, 3.63) is 96.1 Å². The summed E-state index contributed by atoms with van der Waals surface area (Å²) in [5, 5.41) is 0. The molecule has 24 heavy (non-hydrogen) atoms. The molecule has 1 unspecified atom stereocenters. The normalized spacial score (nSPS) is 18.9. The number of nitrogens with two attached hydrogens (primary N) is 1. The zero-order chi connectivity index (χ0) is 16.6. The monoisotopic (exact) mass is 316 g/mol. The zero-order valence-corrected chi connectivity index (χ0v) is 13.4. The number of para-hydroxylation sites is 1. The third kappa shape index (κ3) is 4.54. The van der Waals surface area contributed by atoms with Crippen molar-refractivity contribution in [3.63, 3.8) is 0 Å². The van der Waals surface area contributed by atoms with Crippen LogP contribution in [-0.2, 0) is 4.74 Å². The van der Waals surface area contributed by atoms with Gasteiger partial charge in [-0.3, -0.25) is 0 Å². The second-order valence-electron chi connectivity index (χ2n) is 5.47. The molecule has 1 atom stereocenters. The van der Waals surface area contributed by atoms with E-state index in [0.29, 0.717) is 5.84 Å². The molecule has 0 fully saturated rings. The van der Waals surface area contributed by atoms with Gasteiger partial charge in [-0.2, -0.15) is 0 Å². The van der Waals surface area contributed by atoms with Gasteiger partial charge < -0.3 is 10.5 Å². The van der Waals surface area contributed by atoms with Gasteiger partial charge in [0, 0.05) is 0 Å². The SMILES string of the molecule is NC(COC1C=CC=CC1=Cc1ccccc1)=Nc1ccccc1. The van der Waals surface area contributed by atoms with E-state index in [1.807, 2.05) is 66.8 Å². The molecule has 3 heteroatoms. The summed E-state index contributed by atoms with van der Waals surface area (Å²) in [7, 11) is 0. The first-order valence-corrected chi connectivity index (χ1v) is 7.92. The summed E-state index contributed by atoms with van der Waals surface area (Å²) in [6.45, 7) is 0.282. The molecule has 0 spiro atoms. The maximum atomic E-state index is 5.98. The van der Waals surface area contributed by atoms with Crippen molar-refractivity contribution in [2.75, 3.05) is 6.61 Å². The number of aliphatic imine (C=N–C) groups is 1. The number of allylic oxidation sites excluding steroid dienone is 2. The van der Waals surface area contributed by atoms with Gasteiger partial charge in [0.2, 0.25) is 0 Å². The Balaban J connectivity index is 1.67. The van der Waals surface area contributed by atoms with Gasteiger partial charge in [0.1, 0.15) is 18.5 Å². The molecular weight excluding hydrogens is 296 g/mol. The molecule has 2 N–H and O–H groups in total. The van der Waals surface area contributed by atoms with Gasteiger partial charge in [0.05, 0.1) is 5.69 Å². The summed E-state index contributed by atoms with van der Waals surface area (Å²) < 4.78 is 5.94. The lowest BCUT2D eigenvalue weighted by Gasteiger charge is -2.18. The molecule has 0 saturated carbocycles. The predicted octanol–water partition coefficient (Wildman–Crippen LogP) is 4.27. The fourth-order valence-electron chi connectivity index (χ4n) is 2.44. The van der Waals surface area contributed by atoms with E-state index in [1.165, 1.54) is 0 Å². The molecule has 0 aromatic heterocycles. The summed E-state index contributed by atoms with van der Waals surface area (Å²) in [5.41, 5.74) is 9.05. The van der Waals surface area contributed by atoms with Crippen LogP contribution in [0.4, 0.5) is 5.69 Å². The van der Waals surface area contributed by atoms with Crippen LogP contribution in [-0.4, -0.2) is 18.5 Å². The lowest BCUT2D eigenvalue weighted by molar-refractivity contribution is 0.145. The van der Waals surface area contributed by atoms with E-state index in [2.05, 4.69) is 29.3 Å². The molecule has 0 heterocycles. The highest BCUT2D eigenvalue weighted by Crippen LogP contribution is 2.19. The first-order chi connectivity index (χ1) is 11.8. The molecule has 0 radical (unpaired) electrons. The third-order valence-electron chi connectivity index (χ3n) is 3.59. The smallest absolute Gasteiger partial charge is 0.126 e. The van der Waals surface area contributed by atoms with Crippen LogP contribution in [0.25, 0.3) is 6.08 Å². The van der Waals surface area contributed by atoms with Gasteiger partial charge >= 0.3 is 0 Å². The first kappa shape index (κ1) is 16.0. The Morgan fingerprint density at radius 2 is 1.71 bits per heavy atom. The first-order valence-electron chi connectivity index (χ1n) is 7.92. The van der Waals surface area contributed by atoms with E-state index >= 15 is 0 Å². The van der Waals surface area contributed by atoms with Gasteiger partial charge in [0.15, 0.2) is 0 Å². The fraction of sp³-hybridized carbons (Fsp3) is 0.0952. The maximum absolute atomic E-state index is 5.98. The molecule has 3 rings (SSSR count). The second-order valence-corrected chi connectivity index (χ2v) is 5.47. The van der Waals surface area contributed by atoms with Crippen molar-refractivity contribution in [1.82, 2.24) is 0 Å². The molecule has 0 saturated heterocycles. The fourth-order valence-corrected chi connectivity index (χ4v) is 2.44. The number of rotatable bonds is 5. The van der Waals surface area contributed by atoms with E-state index in [9.17, 15) is 0 Å². The van der Waals surface area contributed by atoms with Crippen molar-refractivity contribution in [3.8, 4) is 0 Å². The summed E-state index contributed by atoms with van der Waals surface area (Å²) in [4.78, 5) is 4.36. The minimum atomic E-state index is -0.125. The minimum Gasteiger partial charge on any atom is -0.385 e. The standard InChI is InChI=1S/C21H20N2O/c22-21(23-19-12-5-2-6-13-19)16-24-20-14-8-7-11-18(20)15-17-9-3-1-4-10-17/h1-15,20H,16H2,(H2,22,23). The van der Waals surface area contributed by atoms with E-state index in [1.54, 1.807) is 0 Å². The molecule has 1 aliphatic carbocycles. The summed E-state index contributed by atoms with van der Waals surface area (Å²) in [6.07, 6.45) is 10.1. The minimum absolute atomic E-state index is 0.125. The highest BCUT2D eigenvalue weighted by Gasteiger charge is 2.12. The molecule has 1 aliphatic rings. The van der Waals surface area contributed by atoms with Gasteiger partial charge in [-0.05, 0) is 29.3 Å². The van der Waals surface area contributed by atoms with Crippen LogP contribution in [0, 0.1) is 0 Å². The van der Waals surface area contributed by atoms with E-state index in [0.717, 1.165) is 16.8 Å². The predicted molar refractivity (Wildman–Crippen MR) is 100 cm³/mol. The van der Waals surface area contributed by atoms with Crippen molar-refractivity contribution >= 4 is 17.6 Å². The van der Waals surface area contributed by atoms with E-state index in [-0.39, 0.29) is 12.7 Å². The van der Waals surface area contributed by atoms with Gasteiger partial charge in [0.25, 0.3) is 0 Å². The van der Waals surface area contributed by atoms with Crippen LogP contribution in [0.15, 0.2) is 95.5 Å². The lowest BCUT2D eigenvalue weighted by Crippen LogP contribution is -2.24. The molecular formula is C21H20N2O. The van der Waals surface area contributed by atoms with Crippen LogP contribution >= 0.6 is 0 Å². The van der Waals surface area contributed by atoms with Gasteiger partial charge in [-0.15, -0.1) is 0 Å². The van der Waals surface area contributed by atoms with Crippen molar-refractivity contribution in [1.29, 1.82) is 0 Å². The summed E-state index contributed by atoms with van der Waals surface area (Å²) in [5.74, 6) is 0.461. The quantitative estimate of drug-likeness (QED) is 0.661. The van der Waals surface area contributed by atoms with E-state index in [4.69, 9.17) is 10.5 Å². The number of hydrogen-bond donors (Lipinski definition) is 1. The largest absolute Gasteiger partial charge is 0.385 e. The number of hydrogen-bond acceptors (Lipinski definition) is 2. The lowest BCUT2D eigenvalue weighted by atomic mass is 10.0. The molecule has 0 aliphatic heterocycles. The maximum Gasteiger partial charge on any atom is 0.126 e. The Morgan fingerprint density at radius 1 is 1.00 bits per heavy atom. The summed E-state index contributed by atoms with van der Waals surface area (Å²) >= 11 is 0. The van der Waals surface area contributed by atoms with Crippen LogP contribution in [0.5, 0.6) is 0 Å². The third-order valence-corrected chi connectivity index (χ3v) is 3.59. The van der Waals surface area contributed by atoms with Crippen molar-refractivity contribution in [2.45, 2.75) is 6.10 Å². The van der Waals surface area contributed by atoms with Crippen LogP contribution in [0.2, 0.25) is 0 Å². The Kier molecular flexibility index (Phi) is 5.38. The van der Waals surface area contributed by atoms with Crippen molar-refractivity contribution in [2.24, 2.45) is 10.7 Å². The Bertz CT molecular complexity index is 774. The highest BCUT2D eigenvalue weighted by molar-refractivity contribution is 5.84. The Labute approximate surface area is 142 Å². The highest BCUT2D eigenvalue weighted by atomic mass is 16.5. The molecule has 0 bridgehead atoms. The van der Waals surface area contributed by atoms with Crippen molar-refractivity contribution < 1.29 is 4.74 Å². The summed E-state index contributed by atoms with van der Waals surface area (Å²) in [6, 6.07) is 19.8. The Hall–Kier alpha value is -2.91. The van der Waals surface area contributed by atoms with Crippen LogP contribution in [0.1, 0.15) is 5.56 Å². The van der Waals surface area contributed by atoms with Crippen LogP contribution < -0.4 is 5.73 Å². The number of ether oxygens (including phenoxy) is 1. The van der Waals surface area contributed by atoms with Crippen LogP contribution in [0.3, 0.4) is 0 Å². The molecule has 120 valence electrons. The second kappa shape index (κ2) is 8.09.